The molecule has 0 aromatic heterocycles. The van der Waals surface area contributed by atoms with E-state index in [4.69, 9.17) is 15.6 Å². The number of unbranched alkanes of at least 4 members (excludes halogenated alkanes) is 1. The van der Waals surface area contributed by atoms with Crippen LogP contribution in [0.1, 0.15) is 26.7 Å². The molecule has 72 valence electrons. The molecule has 12 heavy (non-hydrogen) atoms. The highest BCUT2D eigenvalue weighted by atomic mass is 16.5. The molecule has 0 bridgehead atoms. The number of aliphatic carboxylic acids is 1. The van der Waals surface area contributed by atoms with Crippen molar-refractivity contribution in [3.63, 3.8) is 0 Å². The molecule has 0 aliphatic carbocycles. The van der Waals surface area contributed by atoms with Gasteiger partial charge in [0.25, 0.3) is 0 Å². The van der Waals surface area contributed by atoms with Crippen LogP contribution < -0.4 is 5.73 Å². The van der Waals surface area contributed by atoms with Gasteiger partial charge >= 0.3 is 5.97 Å². The third-order valence-electron chi connectivity index (χ3n) is 1.53. The second-order valence-corrected chi connectivity index (χ2v) is 3.13. The zero-order chi connectivity index (χ0) is 9.61. The first kappa shape index (κ1) is 11.4. The summed E-state index contributed by atoms with van der Waals surface area (Å²) < 4.78 is 5.09. The fraction of sp³-hybridized carbons (Fsp3) is 0.875. The van der Waals surface area contributed by atoms with E-state index in [0.717, 1.165) is 12.8 Å². The fourth-order valence-electron chi connectivity index (χ4n) is 0.592. The zero-order valence-electron chi connectivity index (χ0n) is 7.67. The minimum absolute atomic E-state index is 0.0718. The molecule has 0 rings (SSSR count). The third kappa shape index (κ3) is 4.31. The second kappa shape index (κ2) is 5.11. The summed E-state index contributed by atoms with van der Waals surface area (Å²) in [5, 5.41) is 8.59. The quantitative estimate of drug-likeness (QED) is 0.580. The highest BCUT2D eigenvalue weighted by Gasteiger charge is 2.27. The largest absolute Gasteiger partial charge is 0.480 e. The van der Waals surface area contributed by atoms with Gasteiger partial charge in [0, 0.05) is 6.61 Å². The summed E-state index contributed by atoms with van der Waals surface area (Å²) in [6.45, 7) is 4.14. The van der Waals surface area contributed by atoms with Crippen LogP contribution in [-0.2, 0) is 9.53 Å². The molecule has 0 heterocycles. The van der Waals surface area contributed by atoms with E-state index in [9.17, 15) is 4.79 Å². The maximum absolute atomic E-state index is 10.5. The Morgan fingerprint density at radius 2 is 2.25 bits per heavy atom. The monoisotopic (exact) mass is 175 g/mol. The minimum atomic E-state index is -1.26. The molecule has 1 unspecified atom stereocenters. The molecule has 0 spiro atoms. The van der Waals surface area contributed by atoms with E-state index in [2.05, 4.69) is 0 Å². The van der Waals surface area contributed by atoms with Crippen molar-refractivity contribution in [1.82, 2.24) is 0 Å². The predicted octanol–water partition coefficient (Wildman–Crippen LogP) is 0.605. The van der Waals surface area contributed by atoms with Crippen LogP contribution in [0.2, 0.25) is 0 Å². The summed E-state index contributed by atoms with van der Waals surface area (Å²) in [6, 6.07) is 0. The lowest BCUT2D eigenvalue weighted by molar-refractivity contribution is -0.145. The number of carbonyl (C=O) groups is 1. The van der Waals surface area contributed by atoms with Crippen LogP contribution in [0.15, 0.2) is 0 Å². The van der Waals surface area contributed by atoms with Crippen LogP contribution >= 0.6 is 0 Å². The molecule has 0 radical (unpaired) electrons. The Bertz CT molecular complexity index is 145. The van der Waals surface area contributed by atoms with Gasteiger partial charge < -0.3 is 15.6 Å². The van der Waals surface area contributed by atoms with E-state index >= 15 is 0 Å². The van der Waals surface area contributed by atoms with Crippen LogP contribution in [0.5, 0.6) is 0 Å². The van der Waals surface area contributed by atoms with Gasteiger partial charge in [0.1, 0.15) is 5.54 Å². The zero-order valence-corrected chi connectivity index (χ0v) is 7.67. The Balaban J connectivity index is 3.54. The van der Waals surface area contributed by atoms with Gasteiger partial charge in [-0.1, -0.05) is 13.3 Å². The van der Waals surface area contributed by atoms with Crippen molar-refractivity contribution >= 4 is 5.97 Å². The molecular weight excluding hydrogens is 158 g/mol. The van der Waals surface area contributed by atoms with Crippen molar-refractivity contribution < 1.29 is 14.6 Å². The minimum Gasteiger partial charge on any atom is -0.480 e. The lowest BCUT2D eigenvalue weighted by Crippen LogP contribution is -2.49. The Morgan fingerprint density at radius 3 is 2.67 bits per heavy atom. The van der Waals surface area contributed by atoms with Crippen LogP contribution in [0.3, 0.4) is 0 Å². The van der Waals surface area contributed by atoms with Crippen LogP contribution in [0.25, 0.3) is 0 Å². The number of carboxylic acids is 1. The molecule has 0 saturated heterocycles. The Hall–Kier alpha value is -0.610. The van der Waals surface area contributed by atoms with E-state index in [1.54, 1.807) is 0 Å². The van der Waals surface area contributed by atoms with E-state index in [-0.39, 0.29) is 6.61 Å². The molecule has 0 aromatic rings. The smallest absolute Gasteiger partial charge is 0.325 e. The molecule has 4 nitrogen and oxygen atoms in total. The topological polar surface area (TPSA) is 72.5 Å². The molecule has 0 fully saturated rings. The lowest BCUT2D eigenvalue weighted by Gasteiger charge is -2.18. The first-order valence-electron chi connectivity index (χ1n) is 4.10. The van der Waals surface area contributed by atoms with Crippen LogP contribution in [0.4, 0.5) is 0 Å². The number of hydrogen-bond donors (Lipinski definition) is 2. The molecule has 1 atom stereocenters. The molecule has 0 aliphatic rings. The molecule has 3 N–H and O–H groups in total. The number of carboxylic acid groups (broad SMARTS) is 1. The van der Waals surface area contributed by atoms with Crippen molar-refractivity contribution in [2.45, 2.75) is 32.2 Å². The fourth-order valence-corrected chi connectivity index (χ4v) is 0.592. The van der Waals surface area contributed by atoms with Crippen molar-refractivity contribution in [3.8, 4) is 0 Å². The molecule has 0 aliphatic heterocycles. The number of hydrogen-bond acceptors (Lipinski definition) is 3. The van der Waals surface area contributed by atoms with Crippen molar-refractivity contribution in [2.75, 3.05) is 13.2 Å². The molecule has 4 heteroatoms. The normalized spacial score (nSPS) is 15.6. The van der Waals surface area contributed by atoms with Gasteiger partial charge in [0.2, 0.25) is 0 Å². The summed E-state index contributed by atoms with van der Waals surface area (Å²) in [7, 11) is 0. The molecule has 0 aromatic carbocycles. The van der Waals surface area contributed by atoms with Gasteiger partial charge in [-0.3, -0.25) is 4.79 Å². The van der Waals surface area contributed by atoms with Crippen LogP contribution in [0, 0.1) is 0 Å². The maximum atomic E-state index is 10.5. The number of rotatable bonds is 6. The standard InChI is InChI=1S/C8H17NO3/c1-3-4-5-12-6-8(2,9)7(10)11/h3-6,9H2,1-2H3,(H,10,11). The summed E-state index contributed by atoms with van der Waals surface area (Å²) in [6.07, 6.45) is 1.98. The molecule has 0 saturated carbocycles. The van der Waals surface area contributed by atoms with Gasteiger partial charge in [-0.25, -0.2) is 0 Å². The molecular formula is C8H17NO3. The summed E-state index contributed by atoms with van der Waals surface area (Å²) >= 11 is 0. The van der Waals surface area contributed by atoms with Gasteiger partial charge in [0.05, 0.1) is 6.61 Å². The number of ether oxygens (including phenoxy) is 1. The highest BCUT2D eigenvalue weighted by Crippen LogP contribution is 2.00. The van der Waals surface area contributed by atoms with Crippen molar-refractivity contribution in [2.24, 2.45) is 5.73 Å². The maximum Gasteiger partial charge on any atom is 0.325 e. The number of nitrogens with two attached hydrogens (primary N) is 1. The van der Waals surface area contributed by atoms with Gasteiger partial charge in [-0.15, -0.1) is 0 Å². The highest BCUT2D eigenvalue weighted by molar-refractivity contribution is 5.77. The third-order valence-corrected chi connectivity index (χ3v) is 1.53. The first-order chi connectivity index (χ1) is 5.50. The van der Waals surface area contributed by atoms with E-state index in [1.807, 2.05) is 6.92 Å². The summed E-state index contributed by atoms with van der Waals surface area (Å²) in [5.74, 6) is -1.03. The summed E-state index contributed by atoms with van der Waals surface area (Å²) in [5.41, 5.74) is 4.16. The molecule has 0 amide bonds. The lowest BCUT2D eigenvalue weighted by atomic mass is 10.1. The van der Waals surface area contributed by atoms with Crippen molar-refractivity contribution in [1.29, 1.82) is 0 Å². The Morgan fingerprint density at radius 1 is 1.67 bits per heavy atom. The van der Waals surface area contributed by atoms with E-state index < -0.39 is 11.5 Å². The van der Waals surface area contributed by atoms with E-state index in [1.165, 1.54) is 6.92 Å². The average molecular weight is 175 g/mol. The second-order valence-electron chi connectivity index (χ2n) is 3.13. The van der Waals surface area contributed by atoms with Gasteiger partial charge in [-0.05, 0) is 13.3 Å². The average Bonchev–Trinajstić information content (AvgIpc) is 1.98. The van der Waals surface area contributed by atoms with Gasteiger partial charge in [-0.2, -0.15) is 0 Å². The predicted molar refractivity (Wildman–Crippen MR) is 46.0 cm³/mol. The Kier molecular flexibility index (Phi) is 4.85. The van der Waals surface area contributed by atoms with Crippen LogP contribution in [-0.4, -0.2) is 29.8 Å². The van der Waals surface area contributed by atoms with Gasteiger partial charge in [0.15, 0.2) is 0 Å². The first-order valence-corrected chi connectivity index (χ1v) is 4.10. The summed E-state index contributed by atoms with van der Waals surface area (Å²) in [4.78, 5) is 10.5. The van der Waals surface area contributed by atoms with E-state index in [0.29, 0.717) is 6.61 Å². The van der Waals surface area contributed by atoms with Crippen molar-refractivity contribution in [3.05, 3.63) is 0 Å². The SMILES string of the molecule is CCCCOCC(C)(N)C(=O)O. The Labute approximate surface area is 72.7 Å².